The summed E-state index contributed by atoms with van der Waals surface area (Å²) in [4.78, 5) is 0. The van der Waals surface area contributed by atoms with Crippen LogP contribution in [0.25, 0.3) is 0 Å². The number of nitrogens with zero attached hydrogens (tertiary/aromatic N) is 1. The number of thioether (sulfide) groups is 1. The van der Waals surface area contributed by atoms with E-state index >= 15 is 0 Å². The molecule has 0 bridgehead atoms. The second kappa shape index (κ2) is 9.96. The average Bonchev–Trinajstić information content (AvgIpc) is 2.60. The molecule has 0 amide bonds. The number of nitrogens with one attached hydrogen (secondary N) is 2. The maximum Gasteiger partial charge on any atom is 0.231 e. The van der Waals surface area contributed by atoms with Gasteiger partial charge in [0.25, 0.3) is 0 Å². The van der Waals surface area contributed by atoms with Crippen molar-refractivity contribution in [2.45, 2.75) is 12.7 Å². The number of benzene rings is 2. The molecule has 0 saturated carbocycles. The van der Waals surface area contributed by atoms with E-state index in [4.69, 9.17) is 12.2 Å². The number of thiocarbonyl (C=S) groups is 1. The zero-order valence-electron chi connectivity index (χ0n) is 15.7. The number of hydrogen-bond donors (Lipinski definition) is 2. The first-order valence-electron chi connectivity index (χ1n) is 8.48. The standard InChI is InChI=1S/C19H25N3O2S3/c1-15-6-4-7-16(12-15)14-26-11-10-20-19(25)21-17-8-5-9-18(13-17)22(2)27(3,23)24/h4-9,12-13H,10-11,14H2,1-3H3,(H2,20,21,25). The minimum Gasteiger partial charge on any atom is -0.362 e. The number of aryl methyl sites for hydroxylation is 1. The van der Waals surface area contributed by atoms with E-state index < -0.39 is 10.0 Å². The lowest BCUT2D eigenvalue weighted by Gasteiger charge is -2.18. The van der Waals surface area contributed by atoms with Gasteiger partial charge in [-0.05, 0) is 42.9 Å². The number of sulfonamides is 1. The molecule has 8 heteroatoms. The molecule has 0 fully saturated rings. The van der Waals surface area contributed by atoms with Gasteiger partial charge in [0.2, 0.25) is 10.0 Å². The van der Waals surface area contributed by atoms with Gasteiger partial charge in [-0.25, -0.2) is 8.42 Å². The fourth-order valence-corrected chi connectivity index (χ4v) is 3.90. The molecule has 146 valence electrons. The summed E-state index contributed by atoms with van der Waals surface area (Å²) < 4.78 is 24.5. The second-order valence-electron chi connectivity index (χ2n) is 6.20. The van der Waals surface area contributed by atoms with Gasteiger partial charge in [0.05, 0.1) is 11.9 Å². The summed E-state index contributed by atoms with van der Waals surface area (Å²) in [6, 6.07) is 15.7. The first-order valence-corrected chi connectivity index (χ1v) is 11.9. The molecule has 27 heavy (non-hydrogen) atoms. The summed E-state index contributed by atoms with van der Waals surface area (Å²) in [6.45, 7) is 2.85. The molecule has 0 aliphatic carbocycles. The molecule has 0 aromatic heterocycles. The van der Waals surface area contributed by atoms with Crippen LogP contribution in [0.3, 0.4) is 0 Å². The number of hydrogen-bond acceptors (Lipinski definition) is 4. The lowest BCUT2D eigenvalue weighted by molar-refractivity contribution is 0.600. The van der Waals surface area contributed by atoms with E-state index in [0.717, 1.165) is 23.7 Å². The van der Waals surface area contributed by atoms with E-state index in [1.54, 1.807) is 18.2 Å². The first-order chi connectivity index (χ1) is 12.8. The van der Waals surface area contributed by atoms with Crippen molar-refractivity contribution >= 4 is 50.5 Å². The molecule has 0 aliphatic heterocycles. The molecule has 0 unspecified atom stereocenters. The highest BCUT2D eigenvalue weighted by Gasteiger charge is 2.12. The lowest BCUT2D eigenvalue weighted by Crippen LogP contribution is -2.30. The van der Waals surface area contributed by atoms with Crippen LogP contribution in [0, 0.1) is 6.92 Å². The third-order valence-electron chi connectivity index (χ3n) is 3.85. The van der Waals surface area contributed by atoms with Crippen molar-refractivity contribution in [2.75, 3.05) is 35.2 Å². The van der Waals surface area contributed by atoms with Crippen molar-refractivity contribution in [3.8, 4) is 0 Å². The Bertz CT molecular complexity index is 885. The minimum absolute atomic E-state index is 0.519. The van der Waals surface area contributed by atoms with Crippen molar-refractivity contribution in [1.82, 2.24) is 5.32 Å². The predicted molar refractivity (Wildman–Crippen MR) is 121 cm³/mol. The van der Waals surface area contributed by atoms with Crippen LogP contribution in [0.4, 0.5) is 11.4 Å². The van der Waals surface area contributed by atoms with Crippen LogP contribution in [0.5, 0.6) is 0 Å². The topological polar surface area (TPSA) is 61.4 Å². The summed E-state index contributed by atoms with van der Waals surface area (Å²) in [5, 5.41) is 6.79. The Labute approximate surface area is 171 Å². The molecule has 2 rings (SSSR count). The highest BCUT2D eigenvalue weighted by Crippen LogP contribution is 2.20. The third kappa shape index (κ3) is 7.40. The molecule has 2 aromatic rings. The summed E-state index contributed by atoms with van der Waals surface area (Å²) in [6.07, 6.45) is 1.17. The summed E-state index contributed by atoms with van der Waals surface area (Å²) >= 11 is 7.16. The van der Waals surface area contributed by atoms with Crippen LogP contribution in [-0.2, 0) is 15.8 Å². The fourth-order valence-electron chi connectivity index (χ4n) is 2.37. The van der Waals surface area contributed by atoms with Gasteiger partial charge in [-0.2, -0.15) is 11.8 Å². The summed E-state index contributed by atoms with van der Waals surface area (Å²) in [5.41, 5.74) is 3.93. The Balaban J connectivity index is 1.76. The fraction of sp³-hybridized carbons (Fsp3) is 0.316. The van der Waals surface area contributed by atoms with E-state index in [-0.39, 0.29) is 0 Å². The molecular formula is C19H25N3O2S3. The molecule has 5 nitrogen and oxygen atoms in total. The zero-order valence-corrected chi connectivity index (χ0v) is 18.2. The second-order valence-corrected chi connectivity index (χ2v) is 9.73. The van der Waals surface area contributed by atoms with Gasteiger partial charge in [0.1, 0.15) is 0 Å². The average molecular weight is 424 g/mol. The molecule has 0 saturated heterocycles. The predicted octanol–water partition coefficient (Wildman–Crippen LogP) is 3.61. The van der Waals surface area contributed by atoms with E-state index in [1.807, 2.05) is 17.8 Å². The van der Waals surface area contributed by atoms with Crippen molar-refractivity contribution in [1.29, 1.82) is 0 Å². The molecule has 2 N–H and O–H groups in total. The Morgan fingerprint density at radius 1 is 1.19 bits per heavy atom. The maximum atomic E-state index is 11.7. The van der Waals surface area contributed by atoms with Gasteiger partial charge < -0.3 is 10.6 Å². The number of rotatable bonds is 8. The van der Waals surface area contributed by atoms with Crippen LogP contribution in [0.2, 0.25) is 0 Å². The van der Waals surface area contributed by atoms with Gasteiger partial charge in [0.15, 0.2) is 5.11 Å². The minimum atomic E-state index is -3.29. The highest BCUT2D eigenvalue weighted by atomic mass is 32.2. The van der Waals surface area contributed by atoms with Crippen LogP contribution in [-0.4, -0.2) is 39.1 Å². The van der Waals surface area contributed by atoms with Crippen molar-refractivity contribution in [2.24, 2.45) is 0 Å². The third-order valence-corrected chi connectivity index (χ3v) is 6.33. The van der Waals surface area contributed by atoms with Crippen molar-refractivity contribution < 1.29 is 8.42 Å². The lowest BCUT2D eigenvalue weighted by atomic mass is 10.2. The van der Waals surface area contributed by atoms with E-state index in [2.05, 4.69) is 41.8 Å². The van der Waals surface area contributed by atoms with Crippen molar-refractivity contribution in [3.05, 3.63) is 59.7 Å². The number of anilines is 2. The first kappa shape index (κ1) is 21.5. The van der Waals surface area contributed by atoms with Crippen molar-refractivity contribution in [3.63, 3.8) is 0 Å². The smallest absolute Gasteiger partial charge is 0.231 e. The SMILES string of the molecule is Cc1cccc(CSCCNC(=S)Nc2cccc(N(C)S(C)(=O)=O)c2)c1. The molecule has 2 aromatic carbocycles. The Hall–Kier alpha value is -1.77. The van der Waals surface area contributed by atoms with Crippen LogP contribution in [0.15, 0.2) is 48.5 Å². The van der Waals surface area contributed by atoms with E-state index in [9.17, 15) is 8.42 Å². The molecule has 0 atom stereocenters. The molecule has 0 spiro atoms. The van der Waals surface area contributed by atoms with Crippen LogP contribution in [0.1, 0.15) is 11.1 Å². The monoisotopic (exact) mass is 423 g/mol. The Morgan fingerprint density at radius 3 is 2.63 bits per heavy atom. The molecular weight excluding hydrogens is 398 g/mol. The molecule has 0 heterocycles. The summed E-state index contributed by atoms with van der Waals surface area (Å²) in [5.74, 6) is 1.91. The summed E-state index contributed by atoms with van der Waals surface area (Å²) in [7, 11) is -1.77. The zero-order chi connectivity index (χ0) is 19.9. The largest absolute Gasteiger partial charge is 0.362 e. The van der Waals surface area contributed by atoms with Gasteiger partial charge >= 0.3 is 0 Å². The maximum absolute atomic E-state index is 11.7. The van der Waals surface area contributed by atoms with Gasteiger partial charge in [-0.15, -0.1) is 0 Å². The van der Waals surface area contributed by atoms with Gasteiger partial charge in [-0.3, -0.25) is 4.31 Å². The normalized spacial score (nSPS) is 11.1. The van der Waals surface area contributed by atoms with Crippen LogP contribution >= 0.6 is 24.0 Å². The quantitative estimate of drug-likeness (QED) is 0.500. The highest BCUT2D eigenvalue weighted by molar-refractivity contribution is 7.98. The Morgan fingerprint density at radius 2 is 1.93 bits per heavy atom. The van der Waals surface area contributed by atoms with E-state index in [0.29, 0.717) is 10.8 Å². The molecule has 0 radical (unpaired) electrons. The van der Waals surface area contributed by atoms with Gasteiger partial charge in [0, 0.05) is 30.8 Å². The Kier molecular flexibility index (Phi) is 7.94. The van der Waals surface area contributed by atoms with Gasteiger partial charge in [-0.1, -0.05) is 35.9 Å². The van der Waals surface area contributed by atoms with Crippen LogP contribution < -0.4 is 14.9 Å². The molecule has 0 aliphatic rings. The van der Waals surface area contributed by atoms with E-state index in [1.165, 1.54) is 28.7 Å².